The predicted octanol–water partition coefficient (Wildman–Crippen LogP) is 3.24. The smallest absolute Gasteiger partial charge is 0.253 e. The van der Waals surface area contributed by atoms with Gasteiger partial charge in [0, 0.05) is 5.02 Å². The third kappa shape index (κ3) is 3.22. The molecule has 0 saturated heterocycles. The average molecular weight is 340 g/mol. The molecule has 20 heavy (non-hydrogen) atoms. The lowest BCUT2D eigenvalue weighted by atomic mass is 10.2. The largest absolute Gasteiger partial charge is 0.291 e. The second-order valence-corrected chi connectivity index (χ2v) is 6.86. The van der Waals surface area contributed by atoms with Crippen LogP contribution in [0.1, 0.15) is 17.0 Å². The second kappa shape index (κ2) is 5.58. The van der Waals surface area contributed by atoms with Crippen LogP contribution in [0.4, 0.5) is 13.9 Å². The van der Waals surface area contributed by atoms with Crippen molar-refractivity contribution in [3.05, 3.63) is 33.8 Å². The van der Waals surface area contributed by atoms with Crippen LogP contribution in [0.3, 0.4) is 0 Å². The van der Waals surface area contributed by atoms with Crippen LogP contribution >= 0.6 is 22.9 Å². The minimum absolute atomic E-state index is 0.00398. The van der Waals surface area contributed by atoms with Crippen LogP contribution in [0.5, 0.6) is 0 Å². The highest BCUT2D eigenvalue weighted by Gasteiger charge is 2.21. The number of nitrogens with one attached hydrogen (secondary N) is 1. The number of anilines is 1. The lowest BCUT2D eigenvalue weighted by Gasteiger charge is -2.07. The van der Waals surface area contributed by atoms with E-state index in [-0.39, 0.29) is 10.0 Å². The quantitative estimate of drug-likeness (QED) is 0.928. The second-order valence-electron chi connectivity index (χ2n) is 3.76. The number of hydrogen-bond donors (Lipinski definition) is 1. The highest BCUT2D eigenvalue weighted by atomic mass is 35.5. The summed E-state index contributed by atoms with van der Waals surface area (Å²) in [6, 6.07) is 4.24. The highest BCUT2D eigenvalue weighted by Crippen LogP contribution is 2.27. The molecule has 10 heteroatoms. The molecule has 2 rings (SSSR count). The van der Waals surface area contributed by atoms with E-state index in [4.69, 9.17) is 11.6 Å². The molecule has 0 aliphatic carbocycles. The molecule has 108 valence electrons. The Labute approximate surface area is 122 Å². The maximum absolute atomic E-state index is 12.4. The molecule has 5 nitrogen and oxygen atoms in total. The Bertz CT molecular complexity index is 734. The van der Waals surface area contributed by atoms with Crippen LogP contribution in [0, 0.1) is 6.92 Å². The fourth-order valence-corrected chi connectivity index (χ4v) is 3.73. The summed E-state index contributed by atoms with van der Waals surface area (Å²) in [5.41, 5.74) is 0.434. The van der Waals surface area contributed by atoms with Gasteiger partial charge in [-0.1, -0.05) is 22.9 Å². The fraction of sp³-hybridized carbons (Fsp3) is 0.200. The van der Waals surface area contributed by atoms with E-state index in [9.17, 15) is 17.2 Å². The zero-order chi connectivity index (χ0) is 14.9. The summed E-state index contributed by atoms with van der Waals surface area (Å²) in [5, 5.41) is 6.21. The third-order valence-corrected chi connectivity index (χ3v) is 4.98. The van der Waals surface area contributed by atoms with E-state index < -0.39 is 21.5 Å². The van der Waals surface area contributed by atoms with Gasteiger partial charge in [-0.15, -0.1) is 10.2 Å². The van der Waals surface area contributed by atoms with E-state index in [1.807, 2.05) is 0 Å². The Balaban J connectivity index is 2.30. The summed E-state index contributed by atoms with van der Waals surface area (Å²) < 4.78 is 51.1. The van der Waals surface area contributed by atoms with Crippen molar-refractivity contribution in [2.24, 2.45) is 0 Å². The fourth-order valence-electron chi connectivity index (χ4n) is 1.45. The topological polar surface area (TPSA) is 72.0 Å². The maximum atomic E-state index is 12.4. The molecule has 0 fully saturated rings. The minimum atomic E-state index is -3.92. The first-order valence-electron chi connectivity index (χ1n) is 5.20. The summed E-state index contributed by atoms with van der Waals surface area (Å²) in [4.78, 5) is -0.00398. The van der Waals surface area contributed by atoms with E-state index in [0.29, 0.717) is 21.9 Å². The molecule has 0 amide bonds. The van der Waals surface area contributed by atoms with Crippen molar-refractivity contribution in [3.8, 4) is 0 Å². The molecule has 2 aromatic rings. The van der Waals surface area contributed by atoms with Crippen molar-refractivity contribution < 1.29 is 17.2 Å². The van der Waals surface area contributed by atoms with Gasteiger partial charge in [0.05, 0.1) is 4.90 Å². The highest BCUT2D eigenvalue weighted by molar-refractivity contribution is 7.93. The van der Waals surface area contributed by atoms with Crippen LogP contribution in [0.15, 0.2) is 23.1 Å². The molecule has 0 bridgehead atoms. The van der Waals surface area contributed by atoms with Gasteiger partial charge in [-0.2, -0.15) is 0 Å². The van der Waals surface area contributed by atoms with Crippen LogP contribution < -0.4 is 4.72 Å². The van der Waals surface area contributed by atoms with Crippen LogP contribution in [0.2, 0.25) is 5.02 Å². The van der Waals surface area contributed by atoms with Gasteiger partial charge >= 0.3 is 0 Å². The number of halogens is 3. The number of sulfonamides is 1. The zero-order valence-corrected chi connectivity index (χ0v) is 12.4. The standard InChI is InChI=1S/C10H8ClF2N3O2S2/c1-5-4-6(11)2-3-7(5)20(17,18)16-10-15-14-9(19-10)8(12)13/h2-4,8H,1H3,(H,15,16). The molecule has 0 spiro atoms. The molecule has 0 unspecified atom stereocenters. The van der Waals surface area contributed by atoms with Crippen molar-refractivity contribution in [1.82, 2.24) is 10.2 Å². The maximum Gasteiger partial charge on any atom is 0.291 e. The first-order valence-corrected chi connectivity index (χ1v) is 7.88. The minimum Gasteiger partial charge on any atom is -0.253 e. The number of aromatic nitrogens is 2. The Hall–Kier alpha value is -1.32. The first-order chi connectivity index (χ1) is 9.29. The van der Waals surface area contributed by atoms with Gasteiger partial charge < -0.3 is 0 Å². The van der Waals surface area contributed by atoms with Crippen molar-refractivity contribution in [1.29, 1.82) is 0 Å². The third-order valence-electron chi connectivity index (χ3n) is 2.28. The van der Waals surface area contributed by atoms with Gasteiger partial charge in [-0.05, 0) is 30.7 Å². The summed E-state index contributed by atoms with van der Waals surface area (Å²) in [6.07, 6.45) is -2.79. The number of hydrogen-bond acceptors (Lipinski definition) is 5. The monoisotopic (exact) mass is 339 g/mol. The Morgan fingerprint density at radius 2 is 2.05 bits per heavy atom. The molecule has 0 atom stereocenters. The molecule has 1 heterocycles. The Morgan fingerprint density at radius 1 is 1.35 bits per heavy atom. The first kappa shape index (κ1) is 15.1. The lowest BCUT2D eigenvalue weighted by Crippen LogP contribution is -2.14. The number of nitrogens with zero attached hydrogens (tertiary/aromatic N) is 2. The van der Waals surface area contributed by atoms with Crippen molar-refractivity contribution in [2.75, 3.05) is 4.72 Å². The van der Waals surface area contributed by atoms with Gasteiger partial charge in [0.25, 0.3) is 16.4 Å². The predicted molar refractivity (Wildman–Crippen MR) is 71.9 cm³/mol. The van der Waals surface area contributed by atoms with E-state index in [0.717, 1.165) is 0 Å². The van der Waals surface area contributed by atoms with Gasteiger partial charge in [0.15, 0.2) is 5.01 Å². The molecule has 0 radical (unpaired) electrons. The van der Waals surface area contributed by atoms with Gasteiger partial charge in [-0.25, -0.2) is 17.2 Å². The number of alkyl halides is 2. The summed E-state index contributed by atoms with van der Waals surface area (Å²) in [7, 11) is -3.92. The molecule has 1 aromatic heterocycles. The molecule has 0 aliphatic heterocycles. The zero-order valence-electron chi connectivity index (χ0n) is 9.97. The number of aryl methyl sites for hydroxylation is 1. The van der Waals surface area contributed by atoms with E-state index in [1.54, 1.807) is 6.92 Å². The summed E-state index contributed by atoms with van der Waals surface area (Å²) in [6.45, 7) is 1.57. The van der Waals surface area contributed by atoms with E-state index in [1.165, 1.54) is 18.2 Å². The van der Waals surface area contributed by atoms with E-state index in [2.05, 4.69) is 14.9 Å². The average Bonchev–Trinajstić information content (AvgIpc) is 2.76. The molecular formula is C10H8ClF2N3O2S2. The Morgan fingerprint density at radius 3 is 2.60 bits per heavy atom. The van der Waals surface area contributed by atoms with Gasteiger partial charge in [0.2, 0.25) is 5.13 Å². The van der Waals surface area contributed by atoms with Gasteiger partial charge in [0.1, 0.15) is 0 Å². The van der Waals surface area contributed by atoms with Crippen molar-refractivity contribution >= 4 is 38.1 Å². The normalized spacial score (nSPS) is 11.8. The van der Waals surface area contributed by atoms with Crippen molar-refractivity contribution in [3.63, 3.8) is 0 Å². The molecule has 1 N–H and O–H groups in total. The number of rotatable bonds is 4. The Kier molecular flexibility index (Phi) is 4.21. The molecule has 0 saturated carbocycles. The SMILES string of the molecule is Cc1cc(Cl)ccc1S(=O)(=O)Nc1nnc(C(F)F)s1. The summed E-state index contributed by atoms with van der Waals surface area (Å²) in [5.74, 6) is 0. The number of benzene rings is 1. The molecule has 1 aromatic carbocycles. The van der Waals surface area contributed by atoms with Crippen molar-refractivity contribution in [2.45, 2.75) is 18.2 Å². The molecular weight excluding hydrogens is 332 g/mol. The van der Waals surface area contributed by atoms with Gasteiger partial charge in [-0.3, -0.25) is 4.72 Å². The van der Waals surface area contributed by atoms with Crippen LogP contribution in [0.25, 0.3) is 0 Å². The van der Waals surface area contributed by atoms with Crippen LogP contribution in [-0.4, -0.2) is 18.6 Å². The van der Waals surface area contributed by atoms with Crippen LogP contribution in [-0.2, 0) is 10.0 Å². The molecule has 0 aliphatic rings. The van der Waals surface area contributed by atoms with E-state index >= 15 is 0 Å². The lowest BCUT2D eigenvalue weighted by molar-refractivity contribution is 0.150. The summed E-state index contributed by atoms with van der Waals surface area (Å²) >= 11 is 6.23.